The van der Waals surface area contributed by atoms with Gasteiger partial charge >= 0.3 is 0 Å². The highest BCUT2D eigenvalue weighted by molar-refractivity contribution is 7.11. The summed E-state index contributed by atoms with van der Waals surface area (Å²) in [5, 5.41) is 6.15. The van der Waals surface area contributed by atoms with E-state index in [4.69, 9.17) is 4.74 Å². The Morgan fingerprint density at radius 3 is 3.36 bits per heavy atom. The van der Waals surface area contributed by atoms with E-state index < -0.39 is 0 Å². The monoisotopic (exact) mass is 212 g/mol. The first-order valence-electron chi connectivity index (χ1n) is 5.18. The maximum atomic E-state index is 5.53. The molecule has 3 nitrogen and oxygen atoms in total. The molecule has 0 amide bonds. The van der Waals surface area contributed by atoms with Gasteiger partial charge in [-0.2, -0.15) is 0 Å². The summed E-state index contributed by atoms with van der Waals surface area (Å²) in [6.45, 7) is 3.14. The molecule has 1 aromatic rings. The molecule has 0 saturated carbocycles. The SMILES string of the molecule is c1csc(OCC[C@@H]2CCCNC2)n1. The molecule has 0 bridgehead atoms. The van der Waals surface area contributed by atoms with E-state index in [0.717, 1.165) is 30.7 Å². The number of piperidine rings is 1. The van der Waals surface area contributed by atoms with Crippen LogP contribution in [0.25, 0.3) is 0 Å². The van der Waals surface area contributed by atoms with Gasteiger partial charge in [0.05, 0.1) is 6.61 Å². The van der Waals surface area contributed by atoms with Crippen LogP contribution in [0.15, 0.2) is 11.6 Å². The number of thiazole rings is 1. The second-order valence-electron chi connectivity index (χ2n) is 3.65. The van der Waals surface area contributed by atoms with Gasteiger partial charge in [-0.3, -0.25) is 0 Å². The maximum Gasteiger partial charge on any atom is 0.273 e. The van der Waals surface area contributed by atoms with Crippen molar-refractivity contribution in [1.29, 1.82) is 0 Å². The Morgan fingerprint density at radius 2 is 2.64 bits per heavy atom. The van der Waals surface area contributed by atoms with Crippen LogP contribution in [0.1, 0.15) is 19.3 Å². The second kappa shape index (κ2) is 5.32. The van der Waals surface area contributed by atoms with Gasteiger partial charge in [0, 0.05) is 11.6 Å². The molecule has 1 atom stereocenters. The fourth-order valence-corrected chi connectivity index (χ4v) is 2.28. The fraction of sp³-hybridized carbons (Fsp3) is 0.700. The molecular formula is C10H16N2OS. The molecule has 1 aliphatic heterocycles. The molecule has 0 aliphatic carbocycles. The molecule has 0 spiro atoms. The van der Waals surface area contributed by atoms with E-state index in [1.807, 2.05) is 5.38 Å². The average molecular weight is 212 g/mol. The summed E-state index contributed by atoms with van der Waals surface area (Å²) >= 11 is 1.56. The topological polar surface area (TPSA) is 34.1 Å². The number of nitrogens with zero attached hydrogens (tertiary/aromatic N) is 1. The molecule has 14 heavy (non-hydrogen) atoms. The molecule has 2 rings (SSSR count). The van der Waals surface area contributed by atoms with E-state index in [1.54, 1.807) is 17.5 Å². The van der Waals surface area contributed by atoms with E-state index in [0.29, 0.717) is 0 Å². The lowest BCUT2D eigenvalue weighted by Gasteiger charge is -2.22. The molecule has 1 N–H and O–H groups in total. The zero-order valence-corrected chi connectivity index (χ0v) is 9.05. The molecule has 0 radical (unpaired) electrons. The van der Waals surface area contributed by atoms with Crippen LogP contribution in [0.5, 0.6) is 5.19 Å². The smallest absolute Gasteiger partial charge is 0.273 e. The summed E-state index contributed by atoms with van der Waals surface area (Å²) in [5.74, 6) is 0.795. The molecule has 1 fully saturated rings. The first-order valence-corrected chi connectivity index (χ1v) is 6.06. The Balaban J connectivity index is 1.62. The Labute approximate surface area is 88.5 Å². The van der Waals surface area contributed by atoms with Gasteiger partial charge in [-0.1, -0.05) is 11.3 Å². The van der Waals surface area contributed by atoms with Crippen LogP contribution in [0.2, 0.25) is 0 Å². The summed E-state index contributed by atoms with van der Waals surface area (Å²) < 4.78 is 5.53. The van der Waals surface area contributed by atoms with Gasteiger partial charge in [-0.15, -0.1) is 0 Å². The molecule has 2 heterocycles. The van der Waals surface area contributed by atoms with E-state index in [2.05, 4.69) is 10.3 Å². The van der Waals surface area contributed by atoms with E-state index in [9.17, 15) is 0 Å². The minimum Gasteiger partial charge on any atom is -0.470 e. The van der Waals surface area contributed by atoms with Crippen LogP contribution in [0.3, 0.4) is 0 Å². The molecular weight excluding hydrogens is 196 g/mol. The Morgan fingerprint density at radius 1 is 1.64 bits per heavy atom. The zero-order valence-electron chi connectivity index (χ0n) is 8.24. The van der Waals surface area contributed by atoms with Gasteiger partial charge in [0.25, 0.3) is 5.19 Å². The van der Waals surface area contributed by atoms with Crippen LogP contribution in [0, 0.1) is 5.92 Å². The summed E-state index contributed by atoms with van der Waals surface area (Å²) in [5.41, 5.74) is 0. The lowest BCUT2D eigenvalue weighted by atomic mass is 9.97. The molecule has 0 unspecified atom stereocenters. The third-order valence-corrected chi connectivity index (χ3v) is 3.24. The molecule has 78 valence electrons. The van der Waals surface area contributed by atoms with Crippen molar-refractivity contribution in [3.63, 3.8) is 0 Å². The van der Waals surface area contributed by atoms with Gasteiger partial charge in [-0.05, 0) is 38.3 Å². The lowest BCUT2D eigenvalue weighted by molar-refractivity contribution is 0.253. The minimum absolute atomic E-state index is 0.795. The van der Waals surface area contributed by atoms with Crippen molar-refractivity contribution in [3.05, 3.63) is 11.6 Å². The molecule has 4 heteroatoms. The van der Waals surface area contributed by atoms with Crippen molar-refractivity contribution in [2.45, 2.75) is 19.3 Å². The first-order chi connectivity index (χ1) is 6.95. The van der Waals surface area contributed by atoms with E-state index >= 15 is 0 Å². The van der Waals surface area contributed by atoms with Crippen LogP contribution in [-0.2, 0) is 0 Å². The minimum atomic E-state index is 0.795. The normalized spacial score (nSPS) is 22.1. The second-order valence-corrected chi connectivity index (χ2v) is 4.50. The standard InChI is InChI=1S/C10H16N2OS/c1-2-9(8-11-4-1)3-6-13-10-12-5-7-14-10/h5,7,9,11H,1-4,6,8H2/t9-/m0/s1. The largest absolute Gasteiger partial charge is 0.470 e. The number of aromatic nitrogens is 1. The summed E-state index contributed by atoms with van der Waals surface area (Å²) in [6, 6.07) is 0. The predicted octanol–water partition coefficient (Wildman–Crippen LogP) is 1.91. The molecule has 1 aromatic heterocycles. The van der Waals surface area contributed by atoms with Gasteiger partial charge in [-0.25, -0.2) is 4.98 Å². The van der Waals surface area contributed by atoms with E-state index in [1.165, 1.54) is 19.4 Å². The van der Waals surface area contributed by atoms with Crippen LogP contribution in [0.4, 0.5) is 0 Å². The van der Waals surface area contributed by atoms with Crippen molar-refractivity contribution in [3.8, 4) is 5.19 Å². The van der Waals surface area contributed by atoms with Crippen LogP contribution >= 0.6 is 11.3 Å². The third kappa shape index (κ3) is 2.96. The number of nitrogens with one attached hydrogen (secondary N) is 1. The zero-order chi connectivity index (χ0) is 9.64. The van der Waals surface area contributed by atoms with Crippen molar-refractivity contribution in [1.82, 2.24) is 10.3 Å². The number of ether oxygens (including phenoxy) is 1. The quantitative estimate of drug-likeness (QED) is 0.828. The van der Waals surface area contributed by atoms with Gasteiger partial charge in [0.15, 0.2) is 0 Å². The van der Waals surface area contributed by atoms with Crippen LogP contribution < -0.4 is 10.1 Å². The Bertz CT molecular complexity index is 245. The summed E-state index contributed by atoms with van der Waals surface area (Å²) in [4.78, 5) is 4.08. The van der Waals surface area contributed by atoms with Crippen molar-refractivity contribution < 1.29 is 4.74 Å². The number of hydrogen-bond acceptors (Lipinski definition) is 4. The first kappa shape index (κ1) is 9.93. The van der Waals surface area contributed by atoms with Crippen LogP contribution in [-0.4, -0.2) is 24.7 Å². The van der Waals surface area contributed by atoms with Gasteiger partial charge in [0.1, 0.15) is 0 Å². The Kier molecular flexibility index (Phi) is 3.77. The summed E-state index contributed by atoms with van der Waals surface area (Å²) in [7, 11) is 0. The highest BCUT2D eigenvalue weighted by atomic mass is 32.1. The Hall–Kier alpha value is -0.610. The maximum absolute atomic E-state index is 5.53. The highest BCUT2D eigenvalue weighted by Gasteiger charge is 2.12. The predicted molar refractivity (Wildman–Crippen MR) is 57.8 cm³/mol. The molecule has 0 aromatic carbocycles. The van der Waals surface area contributed by atoms with Gasteiger partial charge < -0.3 is 10.1 Å². The molecule has 1 saturated heterocycles. The average Bonchev–Trinajstić information content (AvgIpc) is 2.72. The summed E-state index contributed by atoms with van der Waals surface area (Å²) in [6.07, 6.45) is 5.57. The van der Waals surface area contributed by atoms with Crippen molar-refractivity contribution in [2.24, 2.45) is 5.92 Å². The number of rotatable bonds is 4. The highest BCUT2D eigenvalue weighted by Crippen LogP contribution is 2.17. The lowest BCUT2D eigenvalue weighted by Crippen LogP contribution is -2.30. The number of hydrogen-bond donors (Lipinski definition) is 1. The van der Waals surface area contributed by atoms with E-state index in [-0.39, 0.29) is 0 Å². The van der Waals surface area contributed by atoms with Crippen molar-refractivity contribution in [2.75, 3.05) is 19.7 Å². The van der Waals surface area contributed by atoms with Gasteiger partial charge in [0.2, 0.25) is 0 Å². The third-order valence-electron chi connectivity index (χ3n) is 2.56. The molecule has 1 aliphatic rings. The van der Waals surface area contributed by atoms with Crippen molar-refractivity contribution >= 4 is 11.3 Å². The fourth-order valence-electron chi connectivity index (χ4n) is 1.76.